The largest absolute Gasteiger partial charge is 0.341 e. The molecule has 1 unspecified atom stereocenters. The maximum atomic E-state index is 12.0. The molecule has 0 radical (unpaired) electrons. The zero-order valence-electron chi connectivity index (χ0n) is 11.2. The lowest BCUT2D eigenvalue weighted by atomic mass is 10.0. The van der Waals surface area contributed by atoms with Gasteiger partial charge in [0.25, 0.3) is 0 Å². The van der Waals surface area contributed by atoms with Crippen LogP contribution in [0.15, 0.2) is 11.4 Å². The fraction of sp³-hybridized carbons (Fsp3) is 0.643. The van der Waals surface area contributed by atoms with Crippen LogP contribution in [0.1, 0.15) is 29.7 Å². The van der Waals surface area contributed by atoms with E-state index in [4.69, 9.17) is 0 Å². The average Bonchev–Trinajstić information content (AvgIpc) is 2.99. The third-order valence-corrected chi connectivity index (χ3v) is 4.71. The molecular weight excluding hydrogens is 244 g/mol. The Bertz CT molecular complexity index is 396. The summed E-state index contributed by atoms with van der Waals surface area (Å²) in [6, 6.07) is 2.11. The predicted octanol–water partition coefficient (Wildman–Crippen LogP) is 2.40. The molecule has 1 N–H and O–H groups in total. The SMILES string of the molecule is Cc1ccsc1CN(C)C(=O)CCC1CCNC1. The van der Waals surface area contributed by atoms with Crippen molar-refractivity contribution >= 4 is 17.2 Å². The van der Waals surface area contributed by atoms with Crippen molar-refractivity contribution in [1.82, 2.24) is 10.2 Å². The van der Waals surface area contributed by atoms with Crippen LogP contribution in [-0.4, -0.2) is 30.9 Å². The number of hydrogen-bond donors (Lipinski definition) is 1. The highest BCUT2D eigenvalue weighted by Crippen LogP contribution is 2.19. The van der Waals surface area contributed by atoms with E-state index in [0.29, 0.717) is 12.3 Å². The van der Waals surface area contributed by atoms with E-state index in [1.54, 1.807) is 11.3 Å². The molecular formula is C14H22N2OS. The molecule has 0 aliphatic carbocycles. The van der Waals surface area contributed by atoms with Gasteiger partial charge in [0.15, 0.2) is 0 Å². The summed E-state index contributed by atoms with van der Waals surface area (Å²) < 4.78 is 0. The second kappa shape index (κ2) is 6.34. The van der Waals surface area contributed by atoms with Crippen molar-refractivity contribution in [2.45, 2.75) is 32.7 Å². The Labute approximate surface area is 113 Å². The number of nitrogens with one attached hydrogen (secondary N) is 1. The second-order valence-corrected chi connectivity index (χ2v) is 6.17. The lowest BCUT2D eigenvalue weighted by Gasteiger charge is -2.18. The molecule has 2 heterocycles. The first kappa shape index (κ1) is 13.6. The van der Waals surface area contributed by atoms with Crippen LogP contribution in [0.2, 0.25) is 0 Å². The van der Waals surface area contributed by atoms with Crippen LogP contribution < -0.4 is 5.32 Å². The van der Waals surface area contributed by atoms with Gasteiger partial charge in [0, 0.05) is 18.3 Å². The van der Waals surface area contributed by atoms with Crippen LogP contribution >= 0.6 is 11.3 Å². The van der Waals surface area contributed by atoms with E-state index in [2.05, 4.69) is 23.7 Å². The molecule has 1 amide bonds. The van der Waals surface area contributed by atoms with E-state index < -0.39 is 0 Å². The van der Waals surface area contributed by atoms with Gasteiger partial charge in [0.1, 0.15) is 0 Å². The van der Waals surface area contributed by atoms with Gasteiger partial charge in [0.05, 0.1) is 6.54 Å². The van der Waals surface area contributed by atoms with Gasteiger partial charge in [-0.3, -0.25) is 4.79 Å². The summed E-state index contributed by atoms with van der Waals surface area (Å²) in [5, 5.41) is 5.44. The van der Waals surface area contributed by atoms with Gasteiger partial charge < -0.3 is 10.2 Å². The van der Waals surface area contributed by atoms with E-state index in [-0.39, 0.29) is 5.91 Å². The molecule has 3 nitrogen and oxygen atoms in total. The number of amides is 1. The summed E-state index contributed by atoms with van der Waals surface area (Å²) in [4.78, 5) is 15.2. The van der Waals surface area contributed by atoms with Crippen molar-refractivity contribution in [3.63, 3.8) is 0 Å². The van der Waals surface area contributed by atoms with Gasteiger partial charge in [-0.15, -0.1) is 11.3 Å². The number of carbonyl (C=O) groups is 1. The Morgan fingerprint density at radius 1 is 1.61 bits per heavy atom. The highest BCUT2D eigenvalue weighted by molar-refractivity contribution is 7.10. The topological polar surface area (TPSA) is 32.3 Å². The first-order valence-electron chi connectivity index (χ1n) is 6.64. The fourth-order valence-electron chi connectivity index (χ4n) is 2.35. The molecule has 0 aromatic carbocycles. The lowest BCUT2D eigenvalue weighted by Crippen LogP contribution is -2.26. The Morgan fingerprint density at radius 2 is 2.44 bits per heavy atom. The minimum absolute atomic E-state index is 0.273. The quantitative estimate of drug-likeness (QED) is 0.887. The van der Waals surface area contributed by atoms with Crippen LogP contribution in [0.3, 0.4) is 0 Å². The molecule has 2 rings (SSSR count). The van der Waals surface area contributed by atoms with Crippen LogP contribution in [0.5, 0.6) is 0 Å². The molecule has 1 aromatic rings. The number of aryl methyl sites for hydroxylation is 1. The van der Waals surface area contributed by atoms with E-state index in [9.17, 15) is 4.79 Å². The molecule has 1 aliphatic rings. The molecule has 18 heavy (non-hydrogen) atoms. The number of carbonyl (C=O) groups excluding carboxylic acids is 1. The molecule has 1 saturated heterocycles. The minimum Gasteiger partial charge on any atom is -0.341 e. The van der Waals surface area contributed by atoms with E-state index in [1.807, 2.05) is 11.9 Å². The summed E-state index contributed by atoms with van der Waals surface area (Å²) in [5.41, 5.74) is 1.29. The van der Waals surface area contributed by atoms with Crippen molar-refractivity contribution < 1.29 is 4.79 Å². The van der Waals surface area contributed by atoms with Crippen molar-refractivity contribution in [2.75, 3.05) is 20.1 Å². The molecule has 1 atom stereocenters. The number of hydrogen-bond acceptors (Lipinski definition) is 3. The lowest BCUT2D eigenvalue weighted by molar-refractivity contribution is -0.130. The van der Waals surface area contributed by atoms with Gasteiger partial charge in [-0.1, -0.05) is 0 Å². The van der Waals surface area contributed by atoms with Crippen molar-refractivity contribution in [2.24, 2.45) is 5.92 Å². The monoisotopic (exact) mass is 266 g/mol. The summed E-state index contributed by atoms with van der Waals surface area (Å²) in [6.07, 6.45) is 2.94. The molecule has 4 heteroatoms. The van der Waals surface area contributed by atoms with E-state index in [1.165, 1.54) is 16.9 Å². The standard InChI is InChI=1S/C14H22N2OS/c1-11-6-8-18-13(11)10-16(2)14(17)4-3-12-5-7-15-9-12/h6,8,12,15H,3-5,7,9-10H2,1-2H3. The van der Waals surface area contributed by atoms with E-state index >= 15 is 0 Å². The summed E-state index contributed by atoms with van der Waals surface area (Å²) >= 11 is 1.73. The molecule has 100 valence electrons. The molecule has 1 aromatic heterocycles. The zero-order valence-corrected chi connectivity index (χ0v) is 12.1. The van der Waals surface area contributed by atoms with Crippen molar-refractivity contribution in [1.29, 1.82) is 0 Å². The molecule has 0 saturated carbocycles. The molecule has 0 spiro atoms. The number of rotatable bonds is 5. The van der Waals surface area contributed by atoms with Gasteiger partial charge in [0.2, 0.25) is 5.91 Å². The average molecular weight is 266 g/mol. The van der Waals surface area contributed by atoms with Crippen molar-refractivity contribution in [3.8, 4) is 0 Å². The Balaban J connectivity index is 1.76. The first-order chi connectivity index (χ1) is 8.66. The minimum atomic E-state index is 0.273. The number of thiophene rings is 1. The summed E-state index contributed by atoms with van der Waals surface area (Å²) in [6.45, 7) is 5.06. The van der Waals surface area contributed by atoms with Crippen LogP contribution in [0.25, 0.3) is 0 Å². The van der Waals surface area contributed by atoms with Gasteiger partial charge in [-0.25, -0.2) is 0 Å². The zero-order chi connectivity index (χ0) is 13.0. The Hall–Kier alpha value is -0.870. The van der Waals surface area contributed by atoms with E-state index in [0.717, 1.165) is 26.1 Å². The summed E-state index contributed by atoms with van der Waals surface area (Å²) in [7, 11) is 1.91. The third-order valence-electron chi connectivity index (χ3n) is 3.70. The smallest absolute Gasteiger partial charge is 0.222 e. The second-order valence-electron chi connectivity index (χ2n) is 5.17. The predicted molar refractivity (Wildman–Crippen MR) is 75.7 cm³/mol. The Kier molecular flexibility index (Phi) is 4.78. The van der Waals surface area contributed by atoms with Gasteiger partial charge in [-0.2, -0.15) is 0 Å². The van der Waals surface area contributed by atoms with Crippen LogP contribution in [-0.2, 0) is 11.3 Å². The number of nitrogens with zero attached hydrogens (tertiary/aromatic N) is 1. The maximum absolute atomic E-state index is 12.0. The normalized spacial score (nSPS) is 19.1. The fourth-order valence-corrected chi connectivity index (χ4v) is 3.31. The molecule has 0 bridgehead atoms. The van der Waals surface area contributed by atoms with Crippen LogP contribution in [0.4, 0.5) is 0 Å². The maximum Gasteiger partial charge on any atom is 0.222 e. The summed E-state index contributed by atoms with van der Waals surface area (Å²) in [5.74, 6) is 0.973. The van der Waals surface area contributed by atoms with Gasteiger partial charge in [-0.05, 0) is 55.8 Å². The first-order valence-corrected chi connectivity index (χ1v) is 7.52. The van der Waals surface area contributed by atoms with Crippen molar-refractivity contribution in [3.05, 3.63) is 21.9 Å². The van der Waals surface area contributed by atoms with Crippen LogP contribution in [0, 0.1) is 12.8 Å². The van der Waals surface area contributed by atoms with Gasteiger partial charge >= 0.3 is 0 Å². The third kappa shape index (κ3) is 3.56. The molecule has 1 aliphatic heterocycles. The highest BCUT2D eigenvalue weighted by Gasteiger charge is 2.17. The highest BCUT2D eigenvalue weighted by atomic mass is 32.1. The molecule has 1 fully saturated rings. The Morgan fingerprint density at radius 3 is 3.06 bits per heavy atom.